The van der Waals surface area contributed by atoms with Crippen molar-refractivity contribution in [2.45, 2.75) is 20.3 Å². The number of oxazole rings is 1. The van der Waals surface area contributed by atoms with Crippen molar-refractivity contribution in [3.05, 3.63) is 86.7 Å². The average Bonchev–Trinajstić information content (AvgIpc) is 3.10. The van der Waals surface area contributed by atoms with Gasteiger partial charge in [0, 0.05) is 17.1 Å². The van der Waals surface area contributed by atoms with Crippen molar-refractivity contribution in [1.29, 1.82) is 0 Å². The number of nitrogens with zero attached hydrogens (tertiary/aromatic N) is 1. The molecule has 158 valence electrons. The second-order valence-electron chi connectivity index (χ2n) is 7.32. The summed E-state index contributed by atoms with van der Waals surface area (Å²) in [4.78, 5) is 16.8. The van der Waals surface area contributed by atoms with Crippen LogP contribution in [-0.4, -0.2) is 17.5 Å². The third-order valence-corrected chi connectivity index (χ3v) is 5.53. The normalized spacial score (nSPS) is 11.0. The Morgan fingerprint density at radius 1 is 1.13 bits per heavy atom. The highest BCUT2D eigenvalue weighted by molar-refractivity contribution is 9.10. The average molecular weight is 500 g/mol. The number of aryl methyl sites for hydroxylation is 2. The molecule has 0 saturated carbocycles. The van der Waals surface area contributed by atoms with Crippen LogP contribution in [0, 0.1) is 13.8 Å². The van der Waals surface area contributed by atoms with Crippen LogP contribution in [0.25, 0.3) is 11.1 Å². The maximum absolute atomic E-state index is 12.3. The number of amides is 1. The molecule has 3 aromatic carbocycles. The number of fused-ring (bicyclic) bond motifs is 1. The van der Waals surface area contributed by atoms with Crippen molar-refractivity contribution >= 4 is 50.2 Å². The molecule has 0 fully saturated rings. The van der Waals surface area contributed by atoms with Gasteiger partial charge in [0.05, 0.1) is 4.47 Å². The minimum Gasteiger partial charge on any atom is -0.482 e. The SMILES string of the molecule is Cc1cc(C)c(OCC(=O)Nc2ccc(Cc3nc4cc(Cl)ccc4o3)cc2)c(Br)c1. The van der Waals surface area contributed by atoms with E-state index in [1.54, 1.807) is 12.1 Å². The van der Waals surface area contributed by atoms with Gasteiger partial charge in [-0.3, -0.25) is 4.79 Å². The van der Waals surface area contributed by atoms with Gasteiger partial charge in [-0.25, -0.2) is 4.98 Å². The van der Waals surface area contributed by atoms with Crippen LogP contribution in [0.3, 0.4) is 0 Å². The third-order valence-electron chi connectivity index (χ3n) is 4.71. The Morgan fingerprint density at radius 2 is 1.90 bits per heavy atom. The maximum Gasteiger partial charge on any atom is 0.262 e. The van der Waals surface area contributed by atoms with E-state index < -0.39 is 0 Å². The molecule has 4 aromatic rings. The van der Waals surface area contributed by atoms with Gasteiger partial charge < -0.3 is 14.5 Å². The summed E-state index contributed by atoms with van der Waals surface area (Å²) in [6.07, 6.45) is 0.546. The summed E-state index contributed by atoms with van der Waals surface area (Å²) in [5, 5.41) is 3.47. The first kappa shape index (κ1) is 21.4. The van der Waals surface area contributed by atoms with Gasteiger partial charge in [0.15, 0.2) is 18.1 Å². The number of hydrogen-bond donors (Lipinski definition) is 1. The Kier molecular flexibility index (Phi) is 6.30. The quantitative estimate of drug-likeness (QED) is 0.330. The fourth-order valence-electron chi connectivity index (χ4n) is 3.32. The zero-order valence-corrected chi connectivity index (χ0v) is 19.4. The number of benzene rings is 3. The van der Waals surface area contributed by atoms with Crippen molar-refractivity contribution in [2.75, 3.05) is 11.9 Å². The molecule has 1 amide bonds. The second kappa shape index (κ2) is 9.12. The third kappa shape index (κ3) is 5.27. The minimum absolute atomic E-state index is 0.0737. The number of rotatable bonds is 6. The molecule has 0 aliphatic carbocycles. The summed E-state index contributed by atoms with van der Waals surface area (Å²) in [5.41, 5.74) is 5.27. The molecule has 0 atom stereocenters. The van der Waals surface area contributed by atoms with E-state index in [4.69, 9.17) is 20.8 Å². The molecule has 31 heavy (non-hydrogen) atoms. The number of ether oxygens (including phenoxy) is 1. The molecule has 7 heteroatoms. The highest BCUT2D eigenvalue weighted by Crippen LogP contribution is 2.30. The molecule has 1 N–H and O–H groups in total. The lowest BCUT2D eigenvalue weighted by Crippen LogP contribution is -2.20. The number of carbonyl (C=O) groups excluding carboxylic acids is 1. The Balaban J connectivity index is 1.35. The highest BCUT2D eigenvalue weighted by Gasteiger charge is 2.11. The molecule has 0 saturated heterocycles. The molecule has 4 rings (SSSR count). The van der Waals surface area contributed by atoms with Gasteiger partial charge in [0.25, 0.3) is 5.91 Å². The Morgan fingerprint density at radius 3 is 2.65 bits per heavy atom. The maximum atomic E-state index is 12.3. The summed E-state index contributed by atoms with van der Waals surface area (Å²) in [5.74, 6) is 1.06. The van der Waals surface area contributed by atoms with Gasteiger partial charge in [0.2, 0.25) is 0 Å². The first-order chi connectivity index (χ1) is 14.9. The Bertz CT molecular complexity index is 1230. The molecule has 0 radical (unpaired) electrons. The van der Waals surface area contributed by atoms with Crippen LogP contribution in [0.4, 0.5) is 5.69 Å². The van der Waals surface area contributed by atoms with E-state index in [1.165, 1.54) is 0 Å². The highest BCUT2D eigenvalue weighted by atomic mass is 79.9. The van der Waals surface area contributed by atoms with E-state index >= 15 is 0 Å². The number of nitrogens with one attached hydrogen (secondary N) is 1. The molecule has 1 aromatic heterocycles. The molecule has 0 bridgehead atoms. The number of hydrogen-bond acceptors (Lipinski definition) is 4. The van der Waals surface area contributed by atoms with E-state index in [2.05, 4.69) is 26.2 Å². The van der Waals surface area contributed by atoms with E-state index in [1.807, 2.05) is 56.3 Å². The minimum atomic E-state index is -0.226. The van der Waals surface area contributed by atoms with E-state index in [9.17, 15) is 4.79 Å². The Labute approximate surface area is 193 Å². The summed E-state index contributed by atoms with van der Waals surface area (Å²) < 4.78 is 12.3. The van der Waals surface area contributed by atoms with Crippen molar-refractivity contribution in [3.8, 4) is 5.75 Å². The Hall–Kier alpha value is -2.83. The predicted octanol–water partition coefficient (Wildman–Crippen LogP) is 6.47. The molecule has 1 heterocycles. The van der Waals surface area contributed by atoms with Crippen molar-refractivity contribution < 1.29 is 13.9 Å². The lowest BCUT2D eigenvalue weighted by atomic mass is 10.1. The second-order valence-corrected chi connectivity index (χ2v) is 8.61. The molecule has 5 nitrogen and oxygen atoms in total. The van der Waals surface area contributed by atoms with Gasteiger partial charge in [-0.05, 0) is 82.9 Å². The monoisotopic (exact) mass is 498 g/mol. The van der Waals surface area contributed by atoms with Crippen LogP contribution in [0.2, 0.25) is 5.02 Å². The van der Waals surface area contributed by atoms with Crippen LogP contribution in [0.1, 0.15) is 22.6 Å². The van der Waals surface area contributed by atoms with Crippen molar-refractivity contribution in [2.24, 2.45) is 0 Å². The smallest absolute Gasteiger partial charge is 0.262 e. The molecular weight excluding hydrogens is 480 g/mol. The van der Waals surface area contributed by atoms with Gasteiger partial charge in [0.1, 0.15) is 11.3 Å². The molecule has 0 spiro atoms. The molecule has 0 aliphatic heterocycles. The summed E-state index contributed by atoms with van der Waals surface area (Å²) in [7, 11) is 0. The summed E-state index contributed by atoms with van der Waals surface area (Å²) in [6, 6.07) is 16.9. The fraction of sp³-hybridized carbons (Fsp3) is 0.167. The first-order valence-corrected chi connectivity index (χ1v) is 10.9. The van der Waals surface area contributed by atoms with Gasteiger partial charge >= 0.3 is 0 Å². The summed E-state index contributed by atoms with van der Waals surface area (Å²) >= 11 is 9.49. The number of carbonyl (C=O) groups is 1. The van der Waals surface area contributed by atoms with Crippen molar-refractivity contribution in [3.63, 3.8) is 0 Å². The lowest BCUT2D eigenvalue weighted by molar-refractivity contribution is -0.118. The predicted molar refractivity (Wildman–Crippen MR) is 126 cm³/mol. The number of halogens is 2. The first-order valence-electron chi connectivity index (χ1n) is 9.71. The number of aromatic nitrogens is 1. The zero-order valence-electron chi connectivity index (χ0n) is 17.0. The van der Waals surface area contributed by atoms with Crippen LogP contribution >= 0.6 is 27.5 Å². The largest absolute Gasteiger partial charge is 0.482 e. The van der Waals surface area contributed by atoms with Crippen LogP contribution in [0.15, 0.2) is 63.5 Å². The molecule has 0 aliphatic rings. The van der Waals surface area contributed by atoms with Gasteiger partial charge in [-0.2, -0.15) is 0 Å². The topological polar surface area (TPSA) is 64.4 Å². The lowest BCUT2D eigenvalue weighted by Gasteiger charge is -2.12. The standard InChI is InChI=1S/C24H20BrClN2O3/c1-14-9-15(2)24(19(25)10-14)30-13-22(29)27-18-6-3-16(4-7-18)11-23-28-20-12-17(26)5-8-21(20)31-23/h3-10,12H,11,13H2,1-2H3,(H,27,29). The molecular formula is C24H20BrClN2O3. The van der Waals surface area contributed by atoms with E-state index in [-0.39, 0.29) is 12.5 Å². The fourth-order valence-corrected chi connectivity index (χ4v) is 4.28. The van der Waals surface area contributed by atoms with Gasteiger partial charge in [-0.1, -0.05) is 29.8 Å². The van der Waals surface area contributed by atoms with E-state index in [0.29, 0.717) is 34.4 Å². The van der Waals surface area contributed by atoms with Crippen molar-refractivity contribution in [1.82, 2.24) is 4.98 Å². The summed E-state index contributed by atoms with van der Waals surface area (Å²) in [6.45, 7) is 3.89. The molecule has 0 unspecified atom stereocenters. The number of anilines is 1. The van der Waals surface area contributed by atoms with E-state index in [0.717, 1.165) is 26.7 Å². The zero-order chi connectivity index (χ0) is 22.0. The van der Waals surface area contributed by atoms with Crippen LogP contribution in [-0.2, 0) is 11.2 Å². The van der Waals surface area contributed by atoms with Crippen LogP contribution in [0.5, 0.6) is 5.75 Å². The van der Waals surface area contributed by atoms with Gasteiger partial charge in [-0.15, -0.1) is 0 Å². The van der Waals surface area contributed by atoms with Crippen LogP contribution < -0.4 is 10.1 Å².